The van der Waals surface area contributed by atoms with E-state index in [-0.39, 0.29) is 6.10 Å². The van der Waals surface area contributed by atoms with Gasteiger partial charge in [0, 0.05) is 51.5 Å². The summed E-state index contributed by atoms with van der Waals surface area (Å²) in [6.45, 7) is 2.67. The summed E-state index contributed by atoms with van der Waals surface area (Å²) in [4.78, 5) is 0. The lowest BCUT2D eigenvalue weighted by molar-refractivity contribution is 0.101. The second-order valence-corrected chi connectivity index (χ2v) is 7.75. The third-order valence-corrected chi connectivity index (χ3v) is 5.43. The molecule has 3 aromatic rings. The number of nitrogens with zero attached hydrogens (tertiary/aromatic N) is 1. The van der Waals surface area contributed by atoms with Crippen LogP contribution in [-0.2, 0) is 11.3 Å². The van der Waals surface area contributed by atoms with Crippen molar-refractivity contribution in [3.63, 3.8) is 0 Å². The number of hydrogen-bond acceptors (Lipinski definition) is 3. The van der Waals surface area contributed by atoms with Gasteiger partial charge in [-0.2, -0.15) is 0 Å². The molecule has 2 heterocycles. The van der Waals surface area contributed by atoms with E-state index in [1.807, 2.05) is 36.4 Å². The van der Waals surface area contributed by atoms with E-state index in [0.717, 1.165) is 47.8 Å². The molecular formula is C20H22Cl2N2O2. The summed E-state index contributed by atoms with van der Waals surface area (Å²) in [5.74, 6) is 0. The van der Waals surface area contributed by atoms with Crippen LogP contribution in [0.5, 0.6) is 0 Å². The maximum Gasteiger partial charge on any atom is 0.0843 e. The van der Waals surface area contributed by atoms with Crippen molar-refractivity contribution in [3.05, 3.63) is 46.4 Å². The number of aliphatic hydroxyl groups is 1. The molecule has 4 nitrogen and oxygen atoms in total. The van der Waals surface area contributed by atoms with Crippen LogP contribution >= 0.6 is 23.2 Å². The molecule has 0 aliphatic carbocycles. The lowest BCUT2D eigenvalue weighted by Gasteiger charge is -2.16. The van der Waals surface area contributed by atoms with Crippen molar-refractivity contribution in [2.75, 3.05) is 19.7 Å². The maximum atomic E-state index is 10.5. The molecule has 1 aromatic heterocycles. The molecule has 1 aliphatic heterocycles. The minimum atomic E-state index is -0.499. The predicted octanol–water partition coefficient (Wildman–Crippen LogP) is 4.23. The van der Waals surface area contributed by atoms with Crippen molar-refractivity contribution >= 4 is 45.0 Å². The van der Waals surface area contributed by atoms with Gasteiger partial charge in [0.2, 0.25) is 0 Å². The standard InChI is InChI=1S/C20H22Cl2N2O2/c21-13-3-5-19-17(8-13)18-9-14(22)4-6-20(18)24(19)12-15(25)10-23-11-16-2-1-7-26-16/h3-6,8-9,15-16,23,25H,1-2,7,10-12H2/t15-,16-/m1/s1. The summed E-state index contributed by atoms with van der Waals surface area (Å²) in [6, 6.07) is 11.7. The predicted molar refractivity (Wildman–Crippen MR) is 107 cm³/mol. The lowest BCUT2D eigenvalue weighted by atomic mass is 10.1. The second-order valence-electron chi connectivity index (χ2n) is 6.88. The molecule has 0 bridgehead atoms. The Hall–Kier alpha value is -1.30. The Morgan fingerprint density at radius 1 is 1.12 bits per heavy atom. The van der Waals surface area contributed by atoms with Crippen molar-refractivity contribution in [1.82, 2.24) is 9.88 Å². The number of ether oxygens (including phenoxy) is 1. The first-order valence-corrected chi connectivity index (χ1v) is 9.75. The van der Waals surface area contributed by atoms with Crippen LogP contribution in [0, 0.1) is 0 Å². The quantitative estimate of drug-likeness (QED) is 0.659. The van der Waals surface area contributed by atoms with Gasteiger partial charge in [-0.05, 0) is 49.2 Å². The second kappa shape index (κ2) is 7.75. The van der Waals surface area contributed by atoms with Crippen molar-refractivity contribution in [2.45, 2.75) is 31.6 Å². The highest BCUT2D eigenvalue weighted by Gasteiger charge is 2.17. The molecule has 1 saturated heterocycles. The Bertz CT molecular complexity index is 860. The molecular weight excluding hydrogens is 371 g/mol. The molecule has 0 unspecified atom stereocenters. The van der Waals surface area contributed by atoms with Crippen LogP contribution in [0.25, 0.3) is 21.8 Å². The fourth-order valence-corrected chi connectivity index (χ4v) is 4.08. The molecule has 1 fully saturated rings. The Labute approximate surface area is 162 Å². The first kappa shape index (κ1) is 18.1. The van der Waals surface area contributed by atoms with E-state index in [2.05, 4.69) is 9.88 Å². The molecule has 0 spiro atoms. The van der Waals surface area contributed by atoms with Crippen molar-refractivity contribution in [2.24, 2.45) is 0 Å². The number of halogens is 2. The van der Waals surface area contributed by atoms with Crippen LogP contribution in [0.1, 0.15) is 12.8 Å². The molecule has 0 radical (unpaired) electrons. The molecule has 4 rings (SSSR count). The molecule has 0 amide bonds. The van der Waals surface area contributed by atoms with Crippen LogP contribution in [0.2, 0.25) is 10.0 Å². The minimum Gasteiger partial charge on any atom is -0.390 e. The maximum absolute atomic E-state index is 10.5. The Morgan fingerprint density at radius 2 is 1.77 bits per heavy atom. The van der Waals surface area contributed by atoms with Crippen LogP contribution in [0.15, 0.2) is 36.4 Å². The number of hydrogen-bond donors (Lipinski definition) is 2. The third-order valence-electron chi connectivity index (χ3n) is 4.96. The smallest absolute Gasteiger partial charge is 0.0843 e. The van der Waals surface area contributed by atoms with Gasteiger partial charge in [0.05, 0.1) is 18.8 Å². The van der Waals surface area contributed by atoms with Crippen LogP contribution in [0.4, 0.5) is 0 Å². The number of nitrogens with one attached hydrogen (secondary N) is 1. The number of fused-ring (bicyclic) bond motifs is 3. The third kappa shape index (κ3) is 3.71. The van der Waals surface area contributed by atoms with Gasteiger partial charge in [0.15, 0.2) is 0 Å². The summed E-state index contributed by atoms with van der Waals surface area (Å²) < 4.78 is 7.74. The summed E-state index contributed by atoms with van der Waals surface area (Å²) in [7, 11) is 0. The molecule has 1 aliphatic rings. The monoisotopic (exact) mass is 392 g/mol. The highest BCUT2D eigenvalue weighted by atomic mass is 35.5. The van der Waals surface area contributed by atoms with E-state index >= 15 is 0 Å². The van der Waals surface area contributed by atoms with Gasteiger partial charge in [-0.1, -0.05) is 23.2 Å². The zero-order valence-corrected chi connectivity index (χ0v) is 15.9. The van der Waals surface area contributed by atoms with Crippen molar-refractivity contribution < 1.29 is 9.84 Å². The number of aliphatic hydroxyl groups excluding tert-OH is 1. The number of benzene rings is 2. The van der Waals surface area contributed by atoms with Gasteiger partial charge >= 0.3 is 0 Å². The molecule has 26 heavy (non-hydrogen) atoms. The topological polar surface area (TPSA) is 46.4 Å². The Kier molecular flexibility index (Phi) is 5.39. The van der Waals surface area contributed by atoms with E-state index in [9.17, 15) is 5.11 Å². The average molecular weight is 393 g/mol. The van der Waals surface area contributed by atoms with Gasteiger partial charge in [-0.15, -0.1) is 0 Å². The van der Waals surface area contributed by atoms with E-state index in [1.165, 1.54) is 0 Å². The van der Waals surface area contributed by atoms with Gasteiger partial charge in [-0.3, -0.25) is 0 Å². The lowest BCUT2D eigenvalue weighted by Crippen LogP contribution is -2.34. The normalized spacial score (nSPS) is 18.8. The van der Waals surface area contributed by atoms with Crippen LogP contribution in [0.3, 0.4) is 0 Å². The van der Waals surface area contributed by atoms with Crippen molar-refractivity contribution in [1.29, 1.82) is 0 Å². The Balaban J connectivity index is 1.56. The summed E-state index contributed by atoms with van der Waals surface area (Å²) in [6.07, 6.45) is 2.00. The molecule has 2 atom stereocenters. The zero-order chi connectivity index (χ0) is 18.1. The van der Waals surface area contributed by atoms with Gasteiger partial charge in [0.25, 0.3) is 0 Å². The van der Waals surface area contributed by atoms with Crippen LogP contribution in [-0.4, -0.2) is 41.6 Å². The van der Waals surface area contributed by atoms with E-state index in [4.69, 9.17) is 27.9 Å². The first-order valence-electron chi connectivity index (χ1n) is 8.99. The largest absolute Gasteiger partial charge is 0.390 e. The van der Waals surface area contributed by atoms with Gasteiger partial charge < -0.3 is 19.7 Å². The van der Waals surface area contributed by atoms with E-state index in [0.29, 0.717) is 23.1 Å². The summed E-state index contributed by atoms with van der Waals surface area (Å²) in [5, 5.41) is 17.4. The van der Waals surface area contributed by atoms with Crippen LogP contribution < -0.4 is 5.32 Å². The first-order chi connectivity index (χ1) is 12.6. The minimum absolute atomic E-state index is 0.278. The SMILES string of the molecule is O[C@H](CNC[C@H]1CCCO1)Cn1c2ccc(Cl)cc2c2cc(Cl)ccc21. The van der Waals surface area contributed by atoms with Crippen molar-refractivity contribution in [3.8, 4) is 0 Å². The highest BCUT2D eigenvalue weighted by molar-refractivity contribution is 6.33. The fraction of sp³-hybridized carbons (Fsp3) is 0.400. The number of aromatic nitrogens is 1. The summed E-state index contributed by atoms with van der Waals surface area (Å²) in [5.41, 5.74) is 2.09. The molecule has 2 aromatic carbocycles. The highest BCUT2D eigenvalue weighted by Crippen LogP contribution is 2.33. The Morgan fingerprint density at radius 3 is 2.35 bits per heavy atom. The number of rotatable bonds is 6. The van der Waals surface area contributed by atoms with Gasteiger partial charge in [0.1, 0.15) is 0 Å². The zero-order valence-electron chi connectivity index (χ0n) is 14.4. The fourth-order valence-electron chi connectivity index (χ4n) is 3.74. The van der Waals surface area contributed by atoms with E-state index in [1.54, 1.807) is 0 Å². The average Bonchev–Trinajstić information content (AvgIpc) is 3.22. The molecule has 2 N–H and O–H groups in total. The van der Waals surface area contributed by atoms with Gasteiger partial charge in [-0.25, -0.2) is 0 Å². The molecule has 0 saturated carbocycles. The summed E-state index contributed by atoms with van der Waals surface area (Å²) >= 11 is 12.4. The molecule has 138 valence electrons. The molecule has 6 heteroatoms. The van der Waals surface area contributed by atoms with E-state index < -0.39 is 6.10 Å².